The Morgan fingerprint density at radius 2 is 1.81 bits per heavy atom. The molecule has 32 heavy (non-hydrogen) atoms. The third kappa shape index (κ3) is 5.03. The molecule has 0 saturated carbocycles. The molecule has 0 aliphatic carbocycles. The number of anilines is 1. The first kappa shape index (κ1) is 24.0. The molecule has 2 aromatic carbocycles. The number of rotatable bonds is 7. The van der Waals surface area contributed by atoms with E-state index >= 15 is 0 Å². The van der Waals surface area contributed by atoms with E-state index < -0.39 is 10.0 Å². The van der Waals surface area contributed by atoms with Gasteiger partial charge in [0.05, 0.1) is 16.3 Å². The van der Waals surface area contributed by atoms with Gasteiger partial charge < -0.3 is 5.32 Å². The van der Waals surface area contributed by atoms with Gasteiger partial charge in [0.25, 0.3) is 0 Å². The Morgan fingerprint density at radius 1 is 1.09 bits per heavy atom. The number of aryl methyl sites for hydroxylation is 3. The average Bonchev–Trinajstić information content (AvgIpc) is 3.17. The number of nitrogens with zero attached hydrogens (tertiary/aromatic N) is 4. The zero-order valence-electron chi connectivity index (χ0n) is 19.0. The van der Waals surface area contributed by atoms with Crippen LogP contribution in [0.5, 0.6) is 0 Å². The summed E-state index contributed by atoms with van der Waals surface area (Å²) in [5.74, 6) is -0.153. The fourth-order valence-electron chi connectivity index (χ4n) is 3.20. The van der Waals surface area contributed by atoms with Crippen molar-refractivity contribution >= 4 is 33.4 Å². The number of aromatic nitrogens is 3. The first-order chi connectivity index (χ1) is 15.0. The maximum absolute atomic E-state index is 12.7. The van der Waals surface area contributed by atoms with E-state index in [1.54, 1.807) is 12.4 Å². The van der Waals surface area contributed by atoms with E-state index in [9.17, 15) is 13.2 Å². The minimum Gasteiger partial charge on any atom is -0.325 e. The summed E-state index contributed by atoms with van der Waals surface area (Å²) in [6.07, 6.45) is 1.63. The lowest BCUT2D eigenvalue weighted by atomic mass is 10.1. The molecule has 0 saturated heterocycles. The van der Waals surface area contributed by atoms with Crippen LogP contribution in [-0.2, 0) is 14.8 Å². The number of hydrogen-bond acceptors (Lipinski definition) is 6. The van der Waals surface area contributed by atoms with Gasteiger partial charge in [0, 0.05) is 19.8 Å². The molecule has 1 N–H and O–H groups in total. The van der Waals surface area contributed by atoms with Crippen molar-refractivity contribution in [2.24, 2.45) is 0 Å². The molecule has 0 fully saturated rings. The van der Waals surface area contributed by atoms with Crippen molar-refractivity contribution in [1.82, 2.24) is 19.1 Å². The molecule has 1 heterocycles. The van der Waals surface area contributed by atoms with Gasteiger partial charge in [0.2, 0.25) is 15.9 Å². The highest BCUT2D eigenvalue weighted by molar-refractivity contribution is 7.99. The molecule has 0 aliphatic heterocycles. The number of amides is 1. The van der Waals surface area contributed by atoms with Crippen LogP contribution >= 0.6 is 11.8 Å². The Morgan fingerprint density at radius 3 is 2.47 bits per heavy atom. The molecular formula is C22H27N5O3S2. The number of carbonyl (C=O) groups excluding carboxylic acids is 1. The molecular weight excluding hydrogens is 446 g/mol. The summed E-state index contributed by atoms with van der Waals surface area (Å²) in [6, 6.07) is 9.21. The number of carbonyl (C=O) groups is 1. The second-order valence-electron chi connectivity index (χ2n) is 7.81. The third-order valence-electron chi connectivity index (χ3n) is 5.15. The van der Waals surface area contributed by atoms with E-state index in [4.69, 9.17) is 0 Å². The highest BCUT2D eigenvalue weighted by Crippen LogP contribution is 2.27. The lowest BCUT2D eigenvalue weighted by Gasteiger charge is -2.16. The fraction of sp³-hybridized carbons (Fsp3) is 0.318. The monoisotopic (exact) mass is 473 g/mol. The highest BCUT2D eigenvalue weighted by atomic mass is 32.2. The second-order valence-corrected chi connectivity index (χ2v) is 10.9. The summed E-state index contributed by atoms with van der Waals surface area (Å²) in [7, 11) is -0.655. The summed E-state index contributed by atoms with van der Waals surface area (Å²) in [5.41, 5.74) is 5.28. The molecule has 3 aromatic rings. The van der Waals surface area contributed by atoms with Crippen molar-refractivity contribution in [3.8, 4) is 5.69 Å². The molecule has 0 spiro atoms. The van der Waals surface area contributed by atoms with Crippen molar-refractivity contribution in [1.29, 1.82) is 0 Å². The van der Waals surface area contributed by atoms with Gasteiger partial charge >= 0.3 is 0 Å². The van der Waals surface area contributed by atoms with Crippen LogP contribution < -0.4 is 5.32 Å². The third-order valence-corrected chi connectivity index (χ3v) is 7.89. The topological polar surface area (TPSA) is 97.2 Å². The number of sulfonamides is 1. The summed E-state index contributed by atoms with van der Waals surface area (Å²) in [5, 5.41) is 11.6. The van der Waals surface area contributed by atoms with E-state index in [1.165, 1.54) is 31.9 Å². The summed E-state index contributed by atoms with van der Waals surface area (Å²) >= 11 is 1.26. The maximum Gasteiger partial charge on any atom is 0.242 e. The van der Waals surface area contributed by atoms with Crippen LogP contribution in [-0.4, -0.2) is 53.2 Å². The standard InChI is InChI=1S/C22H27N5O3S2/c1-14-7-8-20(16(3)9-14)27-13-23-25-22(27)31-12-21(28)24-19-11-18(10-15(2)17(19)4)32(29,30)26(5)6/h7-11,13H,12H2,1-6H3,(H,24,28). The van der Waals surface area contributed by atoms with Gasteiger partial charge in [0.1, 0.15) is 6.33 Å². The van der Waals surface area contributed by atoms with Crippen LogP contribution in [0.25, 0.3) is 5.69 Å². The van der Waals surface area contributed by atoms with Crippen molar-refractivity contribution < 1.29 is 13.2 Å². The Bertz CT molecular complexity index is 1270. The largest absolute Gasteiger partial charge is 0.325 e. The van der Waals surface area contributed by atoms with Crippen LogP contribution in [0.1, 0.15) is 22.3 Å². The molecule has 0 bridgehead atoms. The van der Waals surface area contributed by atoms with Crippen molar-refractivity contribution in [2.45, 2.75) is 37.7 Å². The van der Waals surface area contributed by atoms with Crippen molar-refractivity contribution in [3.05, 3.63) is 58.9 Å². The Hall–Kier alpha value is -2.69. The average molecular weight is 474 g/mol. The zero-order valence-corrected chi connectivity index (χ0v) is 20.6. The molecule has 0 unspecified atom stereocenters. The predicted molar refractivity (Wildman–Crippen MR) is 127 cm³/mol. The van der Waals surface area contributed by atoms with E-state index in [0.717, 1.165) is 32.2 Å². The van der Waals surface area contributed by atoms with E-state index in [2.05, 4.69) is 21.6 Å². The zero-order chi connectivity index (χ0) is 23.6. The molecule has 10 heteroatoms. The molecule has 3 rings (SSSR count). The minimum atomic E-state index is -3.61. The van der Waals surface area contributed by atoms with Crippen LogP contribution in [0.3, 0.4) is 0 Å². The van der Waals surface area contributed by atoms with Crippen LogP contribution in [0, 0.1) is 27.7 Å². The summed E-state index contributed by atoms with van der Waals surface area (Å²) in [4.78, 5) is 12.8. The fourth-order valence-corrected chi connectivity index (χ4v) is 4.93. The Balaban J connectivity index is 1.77. The van der Waals surface area contributed by atoms with Gasteiger partial charge in [-0.1, -0.05) is 29.5 Å². The number of thioether (sulfide) groups is 1. The Kier molecular flexibility index (Phi) is 7.06. The van der Waals surface area contributed by atoms with E-state index in [0.29, 0.717) is 10.8 Å². The van der Waals surface area contributed by atoms with Gasteiger partial charge in [0.15, 0.2) is 5.16 Å². The quantitative estimate of drug-likeness (QED) is 0.528. The first-order valence-electron chi connectivity index (χ1n) is 9.94. The highest BCUT2D eigenvalue weighted by Gasteiger charge is 2.20. The van der Waals surface area contributed by atoms with Gasteiger partial charge in [-0.3, -0.25) is 9.36 Å². The Labute approximate surface area is 193 Å². The van der Waals surface area contributed by atoms with Gasteiger partial charge in [-0.25, -0.2) is 12.7 Å². The minimum absolute atomic E-state index is 0.104. The number of hydrogen-bond donors (Lipinski definition) is 1. The molecule has 170 valence electrons. The van der Waals surface area contributed by atoms with Gasteiger partial charge in [-0.15, -0.1) is 10.2 Å². The SMILES string of the molecule is Cc1ccc(-n2cnnc2SCC(=O)Nc2cc(S(=O)(=O)N(C)C)cc(C)c2C)c(C)c1. The van der Waals surface area contributed by atoms with Crippen LogP contribution in [0.4, 0.5) is 5.69 Å². The lowest BCUT2D eigenvalue weighted by molar-refractivity contribution is -0.113. The molecule has 0 aliphatic rings. The number of nitrogens with one attached hydrogen (secondary N) is 1. The van der Waals surface area contributed by atoms with E-state index in [1.807, 2.05) is 44.4 Å². The number of benzene rings is 2. The maximum atomic E-state index is 12.7. The molecule has 0 radical (unpaired) electrons. The smallest absolute Gasteiger partial charge is 0.242 e. The molecule has 1 amide bonds. The van der Waals surface area contributed by atoms with Crippen molar-refractivity contribution in [3.63, 3.8) is 0 Å². The summed E-state index contributed by atoms with van der Waals surface area (Å²) in [6.45, 7) is 7.72. The predicted octanol–water partition coefficient (Wildman–Crippen LogP) is 3.48. The van der Waals surface area contributed by atoms with Crippen molar-refractivity contribution in [2.75, 3.05) is 25.2 Å². The molecule has 0 atom stereocenters. The normalized spacial score (nSPS) is 11.7. The lowest BCUT2D eigenvalue weighted by Crippen LogP contribution is -2.23. The van der Waals surface area contributed by atoms with Crippen LogP contribution in [0.2, 0.25) is 0 Å². The van der Waals surface area contributed by atoms with Gasteiger partial charge in [-0.2, -0.15) is 0 Å². The molecule has 8 nitrogen and oxygen atoms in total. The van der Waals surface area contributed by atoms with E-state index in [-0.39, 0.29) is 16.6 Å². The van der Waals surface area contributed by atoms with Crippen LogP contribution in [0.15, 0.2) is 46.7 Å². The molecule has 1 aromatic heterocycles. The summed E-state index contributed by atoms with van der Waals surface area (Å²) < 4.78 is 28.1. The second kappa shape index (κ2) is 9.43. The first-order valence-corrected chi connectivity index (χ1v) is 12.4. The van der Waals surface area contributed by atoms with Gasteiger partial charge in [-0.05, 0) is 62.6 Å².